The van der Waals surface area contributed by atoms with Gasteiger partial charge in [0.2, 0.25) is 0 Å². The molecule has 4 heteroatoms. The van der Waals surface area contributed by atoms with Crippen LogP contribution in [0.15, 0.2) is 46.9 Å². The molecule has 2 aromatic carbocycles. The third kappa shape index (κ3) is 2.53. The van der Waals surface area contributed by atoms with Crippen LogP contribution >= 0.6 is 15.9 Å². The normalized spacial score (nSPS) is 14.4. The largest absolute Gasteiger partial charge is 0.491 e. The summed E-state index contributed by atoms with van der Waals surface area (Å²) in [4.78, 5) is 2.22. The van der Waals surface area contributed by atoms with Gasteiger partial charge < -0.3 is 14.7 Å². The first-order valence-corrected chi connectivity index (χ1v) is 7.47. The van der Waals surface area contributed by atoms with E-state index in [1.807, 2.05) is 36.4 Å². The number of benzene rings is 2. The lowest BCUT2D eigenvalue weighted by atomic mass is 10.1. The molecule has 0 spiro atoms. The van der Waals surface area contributed by atoms with Gasteiger partial charge in [0.05, 0.1) is 18.9 Å². The molecule has 0 aromatic heterocycles. The Hall–Kier alpha value is -1.52. The maximum Gasteiger partial charge on any atom is 0.142 e. The molecule has 0 bridgehead atoms. The molecular weight excluding hydrogens is 318 g/mol. The second-order valence-corrected chi connectivity index (χ2v) is 5.67. The van der Waals surface area contributed by atoms with Gasteiger partial charge in [-0.25, -0.2) is 0 Å². The van der Waals surface area contributed by atoms with Gasteiger partial charge in [-0.1, -0.05) is 28.1 Å². The van der Waals surface area contributed by atoms with Crippen LogP contribution in [0.3, 0.4) is 0 Å². The van der Waals surface area contributed by atoms with Gasteiger partial charge in [-0.3, -0.25) is 0 Å². The van der Waals surface area contributed by atoms with Crippen molar-refractivity contribution in [3.05, 3.63) is 52.5 Å². The SMILES string of the molecule is OCc1cc(Br)ccc1N1CCCOc2ccccc21. The van der Waals surface area contributed by atoms with Crippen LogP contribution in [0.4, 0.5) is 11.4 Å². The van der Waals surface area contributed by atoms with Gasteiger partial charge in [-0.15, -0.1) is 0 Å². The van der Waals surface area contributed by atoms with Crippen LogP contribution in [0.5, 0.6) is 5.75 Å². The lowest BCUT2D eigenvalue weighted by Crippen LogP contribution is -2.19. The molecular formula is C16H16BrNO2. The van der Waals surface area contributed by atoms with Crippen molar-refractivity contribution < 1.29 is 9.84 Å². The Morgan fingerprint density at radius 3 is 2.85 bits per heavy atom. The molecule has 0 radical (unpaired) electrons. The highest BCUT2D eigenvalue weighted by atomic mass is 79.9. The molecule has 3 rings (SSSR count). The molecule has 1 aliphatic rings. The maximum atomic E-state index is 9.61. The summed E-state index contributed by atoms with van der Waals surface area (Å²) < 4.78 is 6.76. The van der Waals surface area contributed by atoms with E-state index in [4.69, 9.17) is 4.74 Å². The molecule has 1 heterocycles. The highest BCUT2D eigenvalue weighted by molar-refractivity contribution is 9.10. The molecule has 20 heavy (non-hydrogen) atoms. The molecule has 0 saturated carbocycles. The Morgan fingerprint density at radius 1 is 1.15 bits per heavy atom. The van der Waals surface area contributed by atoms with Crippen LogP contribution in [0.25, 0.3) is 0 Å². The first-order valence-electron chi connectivity index (χ1n) is 6.68. The number of nitrogens with zero attached hydrogens (tertiary/aromatic N) is 1. The van der Waals surface area contributed by atoms with E-state index in [-0.39, 0.29) is 6.61 Å². The number of aliphatic hydroxyl groups is 1. The summed E-state index contributed by atoms with van der Waals surface area (Å²) in [5.41, 5.74) is 3.01. The Bertz CT molecular complexity index is 615. The zero-order valence-corrected chi connectivity index (χ0v) is 12.6. The van der Waals surface area contributed by atoms with E-state index < -0.39 is 0 Å². The molecule has 0 amide bonds. The average molecular weight is 334 g/mol. The minimum atomic E-state index is 0.0221. The van der Waals surface area contributed by atoms with E-state index in [1.54, 1.807) is 0 Å². The van der Waals surface area contributed by atoms with Gasteiger partial charge in [-0.2, -0.15) is 0 Å². The Balaban J connectivity index is 2.10. The zero-order chi connectivity index (χ0) is 13.9. The van der Waals surface area contributed by atoms with Crippen molar-refractivity contribution in [2.24, 2.45) is 0 Å². The number of rotatable bonds is 2. The Morgan fingerprint density at radius 2 is 2.00 bits per heavy atom. The monoisotopic (exact) mass is 333 g/mol. The molecule has 0 unspecified atom stereocenters. The molecule has 2 aromatic rings. The molecule has 0 fully saturated rings. The highest BCUT2D eigenvalue weighted by Crippen LogP contribution is 2.37. The van der Waals surface area contributed by atoms with Gasteiger partial charge in [0.15, 0.2) is 0 Å². The van der Waals surface area contributed by atoms with Crippen molar-refractivity contribution >= 4 is 27.3 Å². The Labute approximate surface area is 126 Å². The predicted octanol–water partition coefficient (Wildman–Crippen LogP) is 3.86. The third-order valence-electron chi connectivity index (χ3n) is 3.44. The summed E-state index contributed by atoms with van der Waals surface area (Å²) >= 11 is 3.45. The second-order valence-electron chi connectivity index (χ2n) is 4.75. The van der Waals surface area contributed by atoms with Crippen molar-refractivity contribution in [2.45, 2.75) is 13.0 Å². The fourth-order valence-corrected chi connectivity index (χ4v) is 2.93. The van der Waals surface area contributed by atoms with E-state index in [0.717, 1.165) is 46.7 Å². The number of para-hydroxylation sites is 2. The predicted molar refractivity (Wildman–Crippen MR) is 83.6 cm³/mol. The number of ether oxygens (including phenoxy) is 1. The van der Waals surface area contributed by atoms with Crippen LogP contribution in [-0.2, 0) is 6.61 Å². The lowest BCUT2D eigenvalue weighted by Gasteiger charge is -2.26. The number of aliphatic hydroxyl groups excluding tert-OH is 1. The molecule has 1 N–H and O–H groups in total. The van der Waals surface area contributed by atoms with Gasteiger partial charge in [-0.05, 0) is 36.8 Å². The van der Waals surface area contributed by atoms with Crippen molar-refractivity contribution in [3.8, 4) is 5.75 Å². The van der Waals surface area contributed by atoms with Gasteiger partial charge in [0.1, 0.15) is 5.75 Å². The second kappa shape index (κ2) is 5.85. The summed E-state index contributed by atoms with van der Waals surface area (Å²) in [6.45, 7) is 1.62. The molecule has 0 saturated heterocycles. The number of hydrogen-bond acceptors (Lipinski definition) is 3. The van der Waals surface area contributed by atoms with Crippen LogP contribution in [0.2, 0.25) is 0 Å². The highest BCUT2D eigenvalue weighted by Gasteiger charge is 2.19. The van der Waals surface area contributed by atoms with Crippen LogP contribution in [0, 0.1) is 0 Å². The van der Waals surface area contributed by atoms with Gasteiger partial charge in [0, 0.05) is 22.3 Å². The fourth-order valence-electron chi connectivity index (χ4n) is 2.52. The summed E-state index contributed by atoms with van der Waals surface area (Å²) in [6.07, 6.45) is 0.954. The zero-order valence-electron chi connectivity index (χ0n) is 11.1. The summed E-state index contributed by atoms with van der Waals surface area (Å²) in [5, 5.41) is 9.61. The molecule has 3 nitrogen and oxygen atoms in total. The van der Waals surface area contributed by atoms with Crippen LogP contribution in [-0.4, -0.2) is 18.3 Å². The van der Waals surface area contributed by atoms with E-state index in [1.165, 1.54) is 0 Å². The average Bonchev–Trinajstić information content (AvgIpc) is 2.69. The van der Waals surface area contributed by atoms with Crippen molar-refractivity contribution in [1.82, 2.24) is 0 Å². The first-order chi connectivity index (χ1) is 9.79. The van der Waals surface area contributed by atoms with Gasteiger partial charge in [0.25, 0.3) is 0 Å². The lowest BCUT2D eigenvalue weighted by molar-refractivity contribution is 0.282. The van der Waals surface area contributed by atoms with Gasteiger partial charge >= 0.3 is 0 Å². The Kier molecular flexibility index (Phi) is 3.94. The number of anilines is 2. The minimum absolute atomic E-state index is 0.0221. The summed E-state index contributed by atoms with van der Waals surface area (Å²) in [6, 6.07) is 14.0. The van der Waals surface area contributed by atoms with E-state index in [0.29, 0.717) is 0 Å². The van der Waals surface area contributed by atoms with E-state index >= 15 is 0 Å². The molecule has 104 valence electrons. The van der Waals surface area contributed by atoms with Crippen LogP contribution in [0.1, 0.15) is 12.0 Å². The van der Waals surface area contributed by atoms with Crippen molar-refractivity contribution in [3.63, 3.8) is 0 Å². The molecule has 1 aliphatic heterocycles. The van der Waals surface area contributed by atoms with Crippen molar-refractivity contribution in [2.75, 3.05) is 18.1 Å². The summed E-state index contributed by atoms with van der Waals surface area (Å²) in [5.74, 6) is 0.900. The maximum absolute atomic E-state index is 9.61. The summed E-state index contributed by atoms with van der Waals surface area (Å²) in [7, 11) is 0. The number of hydrogen-bond donors (Lipinski definition) is 1. The number of fused-ring (bicyclic) bond motifs is 1. The topological polar surface area (TPSA) is 32.7 Å². The van der Waals surface area contributed by atoms with Crippen LogP contribution < -0.4 is 9.64 Å². The first kappa shape index (κ1) is 13.5. The minimum Gasteiger partial charge on any atom is -0.491 e. The van der Waals surface area contributed by atoms with Crippen molar-refractivity contribution in [1.29, 1.82) is 0 Å². The quantitative estimate of drug-likeness (QED) is 0.905. The molecule has 0 aliphatic carbocycles. The number of halogens is 1. The fraction of sp³-hybridized carbons (Fsp3) is 0.250. The standard InChI is InChI=1S/C16H16BrNO2/c17-13-6-7-14(12(10-13)11-19)18-8-3-9-20-16-5-2-1-4-15(16)18/h1-2,4-7,10,19H,3,8-9,11H2. The van der Waals surface area contributed by atoms with E-state index in [2.05, 4.69) is 26.9 Å². The third-order valence-corrected chi connectivity index (χ3v) is 3.94. The molecule has 0 atom stereocenters. The smallest absolute Gasteiger partial charge is 0.142 e. The van der Waals surface area contributed by atoms with E-state index in [9.17, 15) is 5.11 Å².